The molecule has 2 aromatic carbocycles. The smallest absolute Gasteiger partial charge is 0.258 e. The van der Waals surface area contributed by atoms with Crippen LogP contribution < -0.4 is 0 Å². The lowest BCUT2D eigenvalue weighted by atomic mass is 10.0. The molecule has 0 aliphatic carbocycles. The Labute approximate surface area is 134 Å². The SMILES string of the molecule is O=[N+]([O-])c1ccc(CC(Br)c2cccc(Cl)c2Cl)cc1. The van der Waals surface area contributed by atoms with Gasteiger partial charge in [-0.2, -0.15) is 0 Å². The number of benzene rings is 2. The lowest BCUT2D eigenvalue weighted by Crippen LogP contribution is -1.97. The number of alkyl halides is 1. The van der Waals surface area contributed by atoms with Gasteiger partial charge in [0.25, 0.3) is 5.69 Å². The summed E-state index contributed by atoms with van der Waals surface area (Å²) in [7, 11) is 0. The number of nitro groups is 1. The third-order valence-electron chi connectivity index (χ3n) is 2.88. The summed E-state index contributed by atoms with van der Waals surface area (Å²) in [6, 6.07) is 11.9. The molecular formula is C14H10BrCl2NO2. The van der Waals surface area contributed by atoms with Crippen molar-refractivity contribution in [1.82, 2.24) is 0 Å². The predicted molar refractivity (Wildman–Crippen MR) is 84.9 cm³/mol. The van der Waals surface area contributed by atoms with Crippen LogP contribution in [0.4, 0.5) is 5.69 Å². The molecule has 0 amide bonds. The van der Waals surface area contributed by atoms with E-state index in [-0.39, 0.29) is 10.5 Å². The summed E-state index contributed by atoms with van der Waals surface area (Å²) in [5.41, 5.74) is 1.96. The molecule has 0 saturated heterocycles. The van der Waals surface area contributed by atoms with Crippen molar-refractivity contribution in [3.63, 3.8) is 0 Å². The number of hydrogen-bond donors (Lipinski definition) is 0. The summed E-state index contributed by atoms with van der Waals surface area (Å²) >= 11 is 15.7. The van der Waals surface area contributed by atoms with Crippen LogP contribution in [-0.2, 0) is 6.42 Å². The Morgan fingerprint density at radius 1 is 1.15 bits per heavy atom. The predicted octanol–water partition coefficient (Wildman–Crippen LogP) is 5.58. The number of rotatable bonds is 4. The number of halogens is 3. The molecule has 3 nitrogen and oxygen atoms in total. The van der Waals surface area contributed by atoms with Gasteiger partial charge in [-0.3, -0.25) is 10.1 Å². The molecule has 1 unspecified atom stereocenters. The Kier molecular flexibility index (Phi) is 5.02. The fourth-order valence-electron chi connectivity index (χ4n) is 1.83. The zero-order chi connectivity index (χ0) is 14.7. The molecule has 1 atom stereocenters. The van der Waals surface area contributed by atoms with Crippen LogP contribution in [0.2, 0.25) is 10.0 Å². The van der Waals surface area contributed by atoms with Gasteiger partial charge in [0, 0.05) is 17.0 Å². The fraction of sp³-hybridized carbons (Fsp3) is 0.143. The van der Waals surface area contributed by atoms with Crippen LogP contribution in [0.1, 0.15) is 16.0 Å². The van der Waals surface area contributed by atoms with Crippen LogP contribution in [0.25, 0.3) is 0 Å². The largest absolute Gasteiger partial charge is 0.269 e. The molecule has 0 aliphatic rings. The van der Waals surface area contributed by atoms with Crippen molar-refractivity contribution >= 4 is 44.8 Å². The average molecular weight is 375 g/mol. The lowest BCUT2D eigenvalue weighted by Gasteiger charge is -2.13. The molecule has 0 spiro atoms. The highest BCUT2D eigenvalue weighted by atomic mass is 79.9. The topological polar surface area (TPSA) is 43.1 Å². The Bertz CT molecular complexity index is 632. The Hall–Kier alpha value is -1.10. The van der Waals surface area contributed by atoms with E-state index in [1.165, 1.54) is 12.1 Å². The van der Waals surface area contributed by atoms with Crippen LogP contribution in [0.5, 0.6) is 0 Å². The van der Waals surface area contributed by atoms with Crippen LogP contribution in [0, 0.1) is 10.1 Å². The minimum absolute atomic E-state index is 0.00449. The van der Waals surface area contributed by atoms with Gasteiger partial charge in [-0.15, -0.1) is 0 Å². The van der Waals surface area contributed by atoms with E-state index in [1.807, 2.05) is 12.1 Å². The zero-order valence-corrected chi connectivity index (χ0v) is 13.3. The molecule has 0 heterocycles. The number of non-ortho nitro benzene ring substituents is 1. The maximum atomic E-state index is 10.6. The van der Waals surface area contributed by atoms with E-state index >= 15 is 0 Å². The van der Waals surface area contributed by atoms with Gasteiger partial charge in [0.1, 0.15) is 0 Å². The molecule has 104 valence electrons. The van der Waals surface area contributed by atoms with Gasteiger partial charge >= 0.3 is 0 Å². The molecule has 0 bridgehead atoms. The molecule has 0 aromatic heterocycles. The van der Waals surface area contributed by atoms with Crippen LogP contribution >= 0.6 is 39.1 Å². The molecule has 2 aromatic rings. The van der Waals surface area contributed by atoms with Gasteiger partial charge in [-0.25, -0.2) is 0 Å². The third-order valence-corrected chi connectivity index (χ3v) is 4.53. The molecule has 2 rings (SSSR count). The first-order chi connectivity index (χ1) is 9.49. The lowest BCUT2D eigenvalue weighted by molar-refractivity contribution is -0.384. The van der Waals surface area contributed by atoms with Gasteiger partial charge in [0.05, 0.1) is 15.0 Å². The minimum atomic E-state index is -0.413. The normalized spacial score (nSPS) is 12.2. The minimum Gasteiger partial charge on any atom is -0.258 e. The van der Waals surface area contributed by atoms with E-state index in [9.17, 15) is 10.1 Å². The van der Waals surface area contributed by atoms with Gasteiger partial charge < -0.3 is 0 Å². The van der Waals surface area contributed by atoms with Crippen molar-refractivity contribution in [2.75, 3.05) is 0 Å². The Balaban J connectivity index is 2.17. The summed E-state index contributed by atoms with van der Waals surface area (Å²) in [4.78, 5) is 10.2. The van der Waals surface area contributed by atoms with Crippen molar-refractivity contribution in [3.8, 4) is 0 Å². The Morgan fingerprint density at radius 2 is 1.80 bits per heavy atom. The molecule has 20 heavy (non-hydrogen) atoms. The second kappa shape index (κ2) is 6.57. The Morgan fingerprint density at radius 3 is 2.40 bits per heavy atom. The third kappa shape index (κ3) is 3.51. The van der Waals surface area contributed by atoms with E-state index in [1.54, 1.807) is 18.2 Å². The van der Waals surface area contributed by atoms with Crippen molar-refractivity contribution in [3.05, 3.63) is 73.8 Å². The van der Waals surface area contributed by atoms with E-state index < -0.39 is 4.92 Å². The summed E-state index contributed by atoms with van der Waals surface area (Å²) in [6.07, 6.45) is 0.665. The standard InChI is InChI=1S/C14H10BrCl2NO2/c15-12(11-2-1-3-13(16)14(11)17)8-9-4-6-10(7-5-9)18(19)20/h1-7,12H,8H2. The first-order valence-corrected chi connectivity index (χ1v) is 7.47. The molecule has 0 saturated carbocycles. The quantitative estimate of drug-likeness (QED) is 0.398. The van der Waals surface area contributed by atoms with Gasteiger partial charge in [-0.1, -0.05) is 63.4 Å². The van der Waals surface area contributed by atoms with Crippen molar-refractivity contribution in [1.29, 1.82) is 0 Å². The highest BCUT2D eigenvalue weighted by Gasteiger charge is 2.14. The van der Waals surface area contributed by atoms with E-state index in [0.29, 0.717) is 16.5 Å². The molecule has 0 N–H and O–H groups in total. The van der Waals surface area contributed by atoms with Crippen LogP contribution in [-0.4, -0.2) is 4.92 Å². The van der Waals surface area contributed by atoms with E-state index in [0.717, 1.165) is 11.1 Å². The zero-order valence-electron chi connectivity index (χ0n) is 10.2. The summed E-state index contributed by atoms with van der Waals surface area (Å²) in [5, 5.41) is 11.6. The highest BCUT2D eigenvalue weighted by Crippen LogP contribution is 2.36. The van der Waals surface area contributed by atoms with Gasteiger partial charge in [-0.05, 0) is 23.6 Å². The summed E-state index contributed by atoms with van der Waals surface area (Å²) in [5.74, 6) is 0. The van der Waals surface area contributed by atoms with Gasteiger partial charge in [0.2, 0.25) is 0 Å². The molecular weight excluding hydrogens is 365 g/mol. The average Bonchev–Trinajstić information content (AvgIpc) is 2.42. The van der Waals surface area contributed by atoms with Crippen LogP contribution in [0.15, 0.2) is 42.5 Å². The highest BCUT2D eigenvalue weighted by molar-refractivity contribution is 9.09. The first-order valence-electron chi connectivity index (χ1n) is 5.80. The summed E-state index contributed by atoms with van der Waals surface area (Å²) in [6.45, 7) is 0. The van der Waals surface area contributed by atoms with E-state index in [2.05, 4.69) is 15.9 Å². The van der Waals surface area contributed by atoms with Crippen LogP contribution in [0.3, 0.4) is 0 Å². The second-order valence-electron chi connectivity index (χ2n) is 4.24. The molecule has 6 heteroatoms. The first kappa shape index (κ1) is 15.3. The molecule has 0 radical (unpaired) electrons. The second-order valence-corrected chi connectivity index (χ2v) is 6.13. The van der Waals surface area contributed by atoms with Crippen molar-refractivity contribution in [2.24, 2.45) is 0 Å². The number of nitrogens with zero attached hydrogens (tertiary/aromatic N) is 1. The van der Waals surface area contributed by atoms with Crippen molar-refractivity contribution < 1.29 is 4.92 Å². The summed E-state index contributed by atoms with van der Waals surface area (Å²) < 4.78 is 0. The number of hydrogen-bond acceptors (Lipinski definition) is 2. The van der Waals surface area contributed by atoms with Crippen molar-refractivity contribution in [2.45, 2.75) is 11.2 Å². The van der Waals surface area contributed by atoms with Gasteiger partial charge in [0.15, 0.2) is 0 Å². The monoisotopic (exact) mass is 373 g/mol. The fourth-order valence-corrected chi connectivity index (χ4v) is 3.16. The molecule has 0 aliphatic heterocycles. The van der Waals surface area contributed by atoms with E-state index in [4.69, 9.17) is 23.2 Å². The molecule has 0 fully saturated rings. The maximum Gasteiger partial charge on any atom is 0.269 e. The number of nitro benzene ring substituents is 1. The maximum absolute atomic E-state index is 10.6.